The second kappa shape index (κ2) is 13.2. The van der Waals surface area contributed by atoms with E-state index in [0.29, 0.717) is 0 Å². The van der Waals surface area contributed by atoms with Gasteiger partial charge in [-0.05, 0) is 47.6 Å². The summed E-state index contributed by atoms with van der Waals surface area (Å²) in [6, 6.07) is 8.55. The van der Waals surface area contributed by atoms with Crippen LogP contribution in [0, 0.1) is 0 Å². The zero-order valence-electron chi connectivity index (χ0n) is 30.9. The maximum Gasteiger partial charge on any atom is 2.00 e. The molecule has 267 valence electrons. The quantitative estimate of drug-likeness (QED) is 0.140. The first-order valence-electron chi connectivity index (χ1n) is 17.0. The monoisotopic (exact) mass is 779 g/mol. The Kier molecular flexibility index (Phi) is 8.73. The molecule has 8 bridgehead atoms. The van der Waals surface area contributed by atoms with E-state index in [9.17, 15) is 0 Å². The first-order valence-corrected chi connectivity index (χ1v) is 20.4. The van der Waals surface area contributed by atoms with Gasteiger partial charge in [0.25, 0.3) is 11.6 Å². The number of imidazole rings is 2. The summed E-state index contributed by atoms with van der Waals surface area (Å²) in [5.41, 5.74) is 11.0. The van der Waals surface area contributed by atoms with E-state index in [0.717, 1.165) is 78.7 Å². The SMILES string of the molecule is CN1C=CS(C)=C1c1c2nc(c(-c3n(C)cc[n+]3C)c3ccc([n-]3)c(C3=S(C)C=CN3C)c3nc(c(-c4n(C)cc[n+]4C)c4ccc1[n-]4)C=C3)C=C2.[Mn+2]. The average molecular weight is 780 g/mol. The van der Waals surface area contributed by atoms with Gasteiger partial charge in [-0.2, -0.15) is 0 Å². The van der Waals surface area contributed by atoms with Crippen LogP contribution in [0.5, 0.6) is 0 Å². The van der Waals surface area contributed by atoms with Crippen molar-refractivity contribution in [2.75, 3.05) is 26.6 Å². The van der Waals surface area contributed by atoms with Crippen LogP contribution in [0.15, 0.2) is 72.3 Å². The van der Waals surface area contributed by atoms with Crippen LogP contribution in [-0.2, 0) is 45.3 Å². The summed E-state index contributed by atoms with van der Waals surface area (Å²) in [7, 11) is 12.2. The van der Waals surface area contributed by atoms with Crippen molar-refractivity contribution in [3.05, 3.63) is 106 Å². The maximum atomic E-state index is 5.44. The molecule has 53 heavy (non-hydrogen) atoms. The molecule has 0 saturated carbocycles. The molecule has 5 aromatic heterocycles. The van der Waals surface area contributed by atoms with Crippen molar-refractivity contribution in [2.24, 2.45) is 28.2 Å². The minimum Gasteiger partial charge on any atom is -0.656 e. The average Bonchev–Trinajstić information content (AvgIpc) is 3.98. The maximum absolute atomic E-state index is 5.44. The van der Waals surface area contributed by atoms with Crippen molar-refractivity contribution in [1.82, 2.24) is 38.9 Å². The first kappa shape index (κ1) is 35.1. The van der Waals surface area contributed by atoms with Crippen molar-refractivity contribution >= 4 is 77.3 Å². The summed E-state index contributed by atoms with van der Waals surface area (Å²) in [5.74, 6) is 2.03. The molecule has 4 aliphatic rings. The van der Waals surface area contributed by atoms with Gasteiger partial charge >= 0.3 is 17.1 Å². The van der Waals surface area contributed by atoms with Gasteiger partial charge in [0.1, 0.15) is 24.8 Å². The van der Waals surface area contributed by atoms with Crippen molar-refractivity contribution in [3.8, 4) is 22.8 Å². The predicted molar refractivity (Wildman–Crippen MR) is 217 cm³/mol. The summed E-state index contributed by atoms with van der Waals surface area (Å²) in [5, 5.41) is 4.52. The van der Waals surface area contributed by atoms with Crippen LogP contribution in [0.4, 0.5) is 0 Å². The van der Waals surface area contributed by atoms with E-state index in [1.165, 1.54) is 9.98 Å². The topological polar surface area (TPSA) is 78.1 Å². The van der Waals surface area contributed by atoms with Gasteiger partial charge in [0.05, 0.1) is 72.1 Å². The van der Waals surface area contributed by atoms with E-state index in [-0.39, 0.29) is 38.0 Å². The molecule has 2 atom stereocenters. The second-order valence-electron chi connectivity index (χ2n) is 13.6. The molecule has 0 amide bonds. The Morgan fingerprint density at radius 3 is 1.19 bits per heavy atom. The summed E-state index contributed by atoms with van der Waals surface area (Å²) in [4.78, 5) is 28.6. The van der Waals surface area contributed by atoms with Crippen LogP contribution in [0.3, 0.4) is 0 Å². The Labute approximate surface area is 324 Å². The summed E-state index contributed by atoms with van der Waals surface area (Å²) in [6.07, 6.45) is 25.7. The molecule has 0 saturated heterocycles. The number of aromatic nitrogens is 8. The predicted octanol–water partition coefficient (Wildman–Crippen LogP) is 5.16. The standard InChI is InChI=1S/C40H40N10S2.Mn/c1-45-17-18-46(2)37(45)33-25-9-13-29(41-25)35(39-49(5)21-23-51(39)7)31-15-11-27(43-31)34(38-47(3)19-20-48(38)4)28-12-16-32(44-28)36(30-14-10-26(33)42-30)40-50(6)22-24-52(40)8;/h9-24H,1-8H3;/q;+2. The largest absolute Gasteiger partial charge is 2.00 e. The van der Waals surface area contributed by atoms with Gasteiger partial charge in [-0.25, -0.2) is 28.2 Å². The fourth-order valence-corrected chi connectivity index (χ4v) is 10.7. The molecule has 4 aliphatic heterocycles. The fraction of sp³-hybridized carbons (Fsp3) is 0.200. The Balaban J connectivity index is 0.00000400. The number of nitrogens with zero attached hydrogens (tertiary/aromatic N) is 10. The molecule has 0 spiro atoms. The number of fused-ring (bicyclic) bond motifs is 8. The molecule has 10 nitrogen and oxygen atoms in total. The van der Waals surface area contributed by atoms with Gasteiger partial charge in [0.2, 0.25) is 0 Å². The van der Waals surface area contributed by atoms with E-state index >= 15 is 0 Å². The van der Waals surface area contributed by atoms with E-state index in [1.54, 1.807) is 0 Å². The Morgan fingerprint density at radius 2 is 0.887 bits per heavy atom. The molecular formula is C40H40MnN10S2+2. The number of hydrogen-bond acceptors (Lipinski definition) is 4. The van der Waals surface area contributed by atoms with Crippen LogP contribution >= 0.6 is 21.0 Å². The van der Waals surface area contributed by atoms with E-state index < -0.39 is 0 Å². The molecule has 0 aliphatic carbocycles. The van der Waals surface area contributed by atoms with Crippen LogP contribution in [0.2, 0.25) is 0 Å². The third-order valence-corrected chi connectivity index (χ3v) is 13.3. The summed E-state index contributed by atoms with van der Waals surface area (Å²) >= 11 is 0. The van der Waals surface area contributed by atoms with Crippen LogP contribution in [0.1, 0.15) is 33.9 Å². The first-order chi connectivity index (χ1) is 25.1. The second-order valence-corrected chi connectivity index (χ2v) is 17.1. The molecule has 2 unspecified atom stereocenters. The smallest absolute Gasteiger partial charge is 0.656 e. The van der Waals surface area contributed by atoms with E-state index in [2.05, 4.69) is 179 Å². The normalized spacial score (nSPS) is 17.6. The van der Waals surface area contributed by atoms with Crippen LogP contribution in [0.25, 0.3) is 69.1 Å². The minimum absolute atomic E-state index is 0. The molecule has 0 aromatic carbocycles. The van der Waals surface area contributed by atoms with Gasteiger partial charge in [-0.1, -0.05) is 24.3 Å². The molecule has 1 radical (unpaired) electrons. The molecular weight excluding hydrogens is 740 g/mol. The zero-order chi connectivity index (χ0) is 36.0. The van der Waals surface area contributed by atoms with Gasteiger partial charge in [0.15, 0.2) is 0 Å². The van der Waals surface area contributed by atoms with Crippen molar-refractivity contribution in [2.45, 2.75) is 0 Å². The Hall–Kier alpha value is -4.94. The van der Waals surface area contributed by atoms with Gasteiger partial charge in [-0.3, -0.25) is 0 Å². The third-order valence-electron chi connectivity index (χ3n) is 10.1. The summed E-state index contributed by atoms with van der Waals surface area (Å²) < 4.78 is 8.56. The van der Waals surface area contributed by atoms with E-state index in [4.69, 9.17) is 19.9 Å². The van der Waals surface area contributed by atoms with Crippen LogP contribution < -0.4 is 19.1 Å². The minimum atomic E-state index is -0.138. The van der Waals surface area contributed by atoms with Crippen molar-refractivity contribution in [1.29, 1.82) is 0 Å². The van der Waals surface area contributed by atoms with Crippen molar-refractivity contribution in [3.63, 3.8) is 0 Å². The number of aryl methyl sites for hydroxylation is 4. The Bertz CT molecular complexity index is 2520. The summed E-state index contributed by atoms with van der Waals surface area (Å²) in [6.45, 7) is 0. The molecule has 0 fully saturated rings. The molecule has 0 N–H and O–H groups in total. The zero-order valence-corrected chi connectivity index (χ0v) is 33.7. The molecule has 9 heterocycles. The fourth-order valence-electron chi connectivity index (χ4n) is 7.63. The number of rotatable bonds is 4. The molecule has 5 aromatic rings. The molecule has 9 rings (SSSR count). The van der Waals surface area contributed by atoms with Gasteiger partial charge < -0.3 is 19.8 Å². The third kappa shape index (κ3) is 5.56. The van der Waals surface area contributed by atoms with Crippen molar-refractivity contribution < 1.29 is 26.2 Å². The van der Waals surface area contributed by atoms with E-state index in [1.807, 2.05) is 0 Å². The Morgan fingerprint density at radius 1 is 0.547 bits per heavy atom. The van der Waals surface area contributed by atoms with Gasteiger partial charge in [0, 0.05) is 37.6 Å². The van der Waals surface area contributed by atoms with Gasteiger partial charge in [-0.15, -0.1) is 43.0 Å². The molecule has 13 heteroatoms. The van der Waals surface area contributed by atoms with Crippen LogP contribution in [-0.4, -0.2) is 65.5 Å². The number of hydrogen-bond donors (Lipinski definition) is 0.